The molecule has 2 rings (SSSR count). The molecule has 1 heterocycles. The number of hydrogen-bond acceptors (Lipinski definition) is 3. The quantitative estimate of drug-likeness (QED) is 0.872. The van der Waals surface area contributed by atoms with E-state index in [0.717, 1.165) is 12.1 Å². The lowest BCUT2D eigenvalue weighted by molar-refractivity contribution is -0.137. The fourth-order valence-corrected chi connectivity index (χ4v) is 3.72. The van der Waals surface area contributed by atoms with Crippen LogP contribution in [-0.4, -0.2) is 27.5 Å². The van der Waals surface area contributed by atoms with Crippen LogP contribution in [0.15, 0.2) is 29.2 Å². The van der Waals surface area contributed by atoms with E-state index in [2.05, 4.69) is 10.0 Å². The fourth-order valence-electron chi connectivity index (χ4n) is 2.30. The van der Waals surface area contributed by atoms with Gasteiger partial charge in [-0.1, -0.05) is 13.0 Å². The third-order valence-corrected chi connectivity index (χ3v) is 5.05. The Labute approximate surface area is 133 Å². The first-order chi connectivity index (χ1) is 9.70. The van der Waals surface area contributed by atoms with E-state index < -0.39 is 21.8 Å². The Kier molecular flexibility index (Phi) is 6.26. The highest BCUT2D eigenvalue weighted by atomic mass is 35.5. The van der Waals surface area contributed by atoms with Gasteiger partial charge in [0, 0.05) is 6.04 Å². The molecule has 1 aliphatic rings. The number of sulfonamides is 1. The zero-order valence-corrected chi connectivity index (χ0v) is 13.5. The van der Waals surface area contributed by atoms with Crippen LogP contribution in [0.1, 0.15) is 18.9 Å². The second-order valence-electron chi connectivity index (χ2n) is 5.22. The summed E-state index contributed by atoms with van der Waals surface area (Å²) in [5.41, 5.74) is -0.969. The minimum Gasteiger partial charge on any atom is -0.316 e. The van der Waals surface area contributed by atoms with Gasteiger partial charge in [0.2, 0.25) is 10.0 Å². The smallest absolute Gasteiger partial charge is 0.316 e. The third kappa shape index (κ3) is 4.58. The average Bonchev–Trinajstić information content (AvgIpc) is 2.40. The summed E-state index contributed by atoms with van der Waals surface area (Å²) < 4.78 is 64.9. The van der Waals surface area contributed by atoms with Crippen LogP contribution in [0.2, 0.25) is 0 Å². The van der Waals surface area contributed by atoms with Crippen molar-refractivity contribution >= 4 is 22.4 Å². The van der Waals surface area contributed by atoms with E-state index in [-0.39, 0.29) is 29.3 Å². The third-order valence-electron chi connectivity index (χ3n) is 3.56. The highest BCUT2D eigenvalue weighted by Crippen LogP contribution is 2.30. The molecule has 1 fully saturated rings. The monoisotopic (exact) mass is 358 g/mol. The zero-order valence-electron chi connectivity index (χ0n) is 11.9. The summed E-state index contributed by atoms with van der Waals surface area (Å²) in [5.74, 6) is 0.0827. The number of piperidine rings is 1. The number of alkyl halides is 3. The van der Waals surface area contributed by atoms with Gasteiger partial charge in [-0.25, -0.2) is 13.1 Å². The molecule has 0 bridgehead atoms. The Morgan fingerprint density at radius 2 is 2.00 bits per heavy atom. The molecule has 2 atom stereocenters. The topological polar surface area (TPSA) is 58.2 Å². The molecular weight excluding hydrogens is 341 g/mol. The van der Waals surface area contributed by atoms with Crippen LogP contribution < -0.4 is 10.0 Å². The van der Waals surface area contributed by atoms with Crippen LogP contribution >= 0.6 is 12.4 Å². The van der Waals surface area contributed by atoms with Crippen molar-refractivity contribution in [3.8, 4) is 0 Å². The van der Waals surface area contributed by atoms with Crippen LogP contribution in [0.25, 0.3) is 0 Å². The van der Waals surface area contributed by atoms with Gasteiger partial charge in [-0.2, -0.15) is 13.2 Å². The minimum absolute atomic E-state index is 0. The molecule has 0 saturated carbocycles. The van der Waals surface area contributed by atoms with Crippen molar-refractivity contribution in [3.05, 3.63) is 29.8 Å². The Morgan fingerprint density at radius 3 is 2.59 bits per heavy atom. The molecule has 0 aliphatic carbocycles. The number of rotatable bonds is 3. The average molecular weight is 359 g/mol. The first-order valence-corrected chi connectivity index (χ1v) is 8.09. The Balaban J connectivity index is 0.00000242. The summed E-state index contributed by atoms with van der Waals surface area (Å²) in [6.45, 7) is 3.25. The van der Waals surface area contributed by atoms with E-state index in [1.54, 1.807) is 0 Å². The van der Waals surface area contributed by atoms with Gasteiger partial charge in [-0.3, -0.25) is 0 Å². The normalized spacial score (nSPS) is 22.9. The van der Waals surface area contributed by atoms with Crippen LogP contribution in [-0.2, 0) is 16.2 Å². The number of hydrogen-bond donors (Lipinski definition) is 2. The number of halogens is 4. The molecule has 2 unspecified atom stereocenters. The Morgan fingerprint density at radius 1 is 1.32 bits per heavy atom. The van der Waals surface area contributed by atoms with Gasteiger partial charge in [0.15, 0.2) is 0 Å². The SMILES string of the molecule is CC1CNCCC1NS(=O)(=O)c1cccc(C(F)(F)F)c1.Cl. The van der Waals surface area contributed by atoms with Crippen LogP contribution in [0.5, 0.6) is 0 Å². The molecular formula is C13H18ClF3N2O2S. The fraction of sp³-hybridized carbons (Fsp3) is 0.538. The van der Waals surface area contributed by atoms with Gasteiger partial charge in [0.05, 0.1) is 10.5 Å². The zero-order chi connectivity index (χ0) is 15.7. The van der Waals surface area contributed by atoms with E-state index in [4.69, 9.17) is 0 Å². The van der Waals surface area contributed by atoms with Crippen molar-refractivity contribution in [3.63, 3.8) is 0 Å². The summed E-state index contributed by atoms with van der Waals surface area (Å²) in [5, 5.41) is 3.14. The lowest BCUT2D eigenvalue weighted by atomic mass is 9.97. The summed E-state index contributed by atoms with van der Waals surface area (Å²) in [6, 6.07) is 3.51. The summed E-state index contributed by atoms with van der Waals surface area (Å²) in [4.78, 5) is -0.358. The summed E-state index contributed by atoms with van der Waals surface area (Å²) >= 11 is 0. The van der Waals surface area contributed by atoms with Gasteiger partial charge in [-0.05, 0) is 43.6 Å². The maximum atomic E-state index is 12.7. The van der Waals surface area contributed by atoms with Gasteiger partial charge in [0.1, 0.15) is 0 Å². The standard InChI is InChI=1S/C13H17F3N2O2S.ClH/c1-9-8-17-6-5-12(9)18-21(19,20)11-4-2-3-10(7-11)13(14,15)16;/h2-4,7,9,12,17-18H,5-6,8H2,1H3;1H. The van der Waals surface area contributed by atoms with Crippen molar-refractivity contribution in [1.29, 1.82) is 0 Å². The molecule has 22 heavy (non-hydrogen) atoms. The maximum Gasteiger partial charge on any atom is 0.416 e. The molecule has 126 valence electrons. The second kappa shape index (κ2) is 7.16. The number of benzene rings is 1. The van der Waals surface area contributed by atoms with Gasteiger partial charge in [-0.15, -0.1) is 12.4 Å². The highest BCUT2D eigenvalue weighted by molar-refractivity contribution is 7.89. The maximum absolute atomic E-state index is 12.7. The van der Waals surface area contributed by atoms with Crippen molar-refractivity contribution < 1.29 is 21.6 Å². The van der Waals surface area contributed by atoms with E-state index in [1.165, 1.54) is 6.07 Å². The highest BCUT2D eigenvalue weighted by Gasteiger charge is 2.32. The van der Waals surface area contributed by atoms with Crippen molar-refractivity contribution in [1.82, 2.24) is 10.0 Å². The van der Waals surface area contributed by atoms with Crippen molar-refractivity contribution in [2.24, 2.45) is 5.92 Å². The predicted octanol–water partition coefficient (Wildman–Crippen LogP) is 2.40. The lowest BCUT2D eigenvalue weighted by Gasteiger charge is -2.30. The Hall–Kier alpha value is -0.830. The Bertz CT molecular complexity index is 608. The first-order valence-electron chi connectivity index (χ1n) is 6.60. The lowest BCUT2D eigenvalue weighted by Crippen LogP contribution is -2.48. The summed E-state index contributed by atoms with van der Waals surface area (Å²) in [6.07, 6.45) is -3.95. The molecule has 0 spiro atoms. The van der Waals surface area contributed by atoms with Gasteiger partial charge < -0.3 is 5.32 Å². The number of nitrogens with one attached hydrogen (secondary N) is 2. The molecule has 9 heteroatoms. The van der Waals surface area contributed by atoms with E-state index in [1.807, 2.05) is 6.92 Å². The molecule has 1 aromatic rings. The summed E-state index contributed by atoms with van der Waals surface area (Å²) in [7, 11) is -3.95. The van der Waals surface area contributed by atoms with Crippen LogP contribution in [0, 0.1) is 5.92 Å². The van der Waals surface area contributed by atoms with E-state index in [9.17, 15) is 21.6 Å². The molecule has 0 aromatic heterocycles. The van der Waals surface area contributed by atoms with Crippen molar-refractivity contribution in [2.45, 2.75) is 30.5 Å². The first kappa shape index (κ1) is 19.2. The van der Waals surface area contributed by atoms with Gasteiger partial charge in [0.25, 0.3) is 0 Å². The largest absolute Gasteiger partial charge is 0.416 e. The second-order valence-corrected chi connectivity index (χ2v) is 6.94. The predicted molar refractivity (Wildman–Crippen MR) is 79.5 cm³/mol. The molecule has 4 nitrogen and oxygen atoms in total. The molecule has 0 radical (unpaired) electrons. The molecule has 1 aliphatic heterocycles. The molecule has 1 aromatic carbocycles. The van der Waals surface area contributed by atoms with Crippen LogP contribution in [0.4, 0.5) is 13.2 Å². The van der Waals surface area contributed by atoms with E-state index >= 15 is 0 Å². The van der Waals surface area contributed by atoms with Crippen molar-refractivity contribution in [2.75, 3.05) is 13.1 Å². The molecule has 0 amide bonds. The molecule has 1 saturated heterocycles. The molecule has 2 N–H and O–H groups in total. The van der Waals surface area contributed by atoms with E-state index in [0.29, 0.717) is 25.6 Å². The minimum atomic E-state index is -4.56. The van der Waals surface area contributed by atoms with Crippen LogP contribution in [0.3, 0.4) is 0 Å². The van der Waals surface area contributed by atoms with Gasteiger partial charge >= 0.3 is 6.18 Å².